The van der Waals surface area contributed by atoms with Gasteiger partial charge in [0.25, 0.3) is 0 Å². The lowest BCUT2D eigenvalue weighted by molar-refractivity contribution is -0.137. The molecule has 1 aromatic carbocycles. The Balaban J connectivity index is 1.82. The highest BCUT2D eigenvalue weighted by Gasteiger charge is 2.32. The number of halogens is 3. The number of hydrogen-bond acceptors (Lipinski definition) is 4. The molecule has 1 unspecified atom stereocenters. The van der Waals surface area contributed by atoms with E-state index < -0.39 is 21.6 Å². The second-order valence-electron chi connectivity index (χ2n) is 5.22. The normalized spacial score (nSPS) is 21.1. The summed E-state index contributed by atoms with van der Waals surface area (Å²) in [6.45, 7) is 0. The fraction of sp³-hybridized carbons (Fsp3) is 0.385. The number of rotatable bonds is 2. The highest BCUT2D eigenvalue weighted by atomic mass is 32.2. The molecular formula is C13H12F3N3O2S. The zero-order chi connectivity index (χ0) is 16.0. The third-order valence-electron chi connectivity index (χ3n) is 3.59. The molecule has 1 aliphatic rings. The summed E-state index contributed by atoms with van der Waals surface area (Å²) in [6, 6.07) is 4.51. The van der Waals surface area contributed by atoms with Gasteiger partial charge in [-0.15, -0.1) is 0 Å². The van der Waals surface area contributed by atoms with E-state index in [2.05, 4.69) is 15.2 Å². The maximum absolute atomic E-state index is 12.5. The molecule has 1 aromatic heterocycles. The highest BCUT2D eigenvalue weighted by molar-refractivity contribution is 7.91. The van der Waals surface area contributed by atoms with Crippen LogP contribution in [0.15, 0.2) is 24.3 Å². The molecule has 2 heterocycles. The van der Waals surface area contributed by atoms with Gasteiger partial charge in [-0.05, 0) is 18.6 Å². The van der Waals surface area contributed by atoms with Gasteiger partial charge < -0.3 is 0 Å². The second kappa shape index (κ2) is 5.08. The molecule has 0 bridgehead atoms. The van der Waals surface area contributed by atoms with E-state index in [1.165, 1.54) is 12.1 Å². The van der Waals surface area contributed by atoms with Crippen LogP contribution in [0.3, 0.4) is 0 Å². The first kappa shape index (κ1) is 15.0. The second-order valence-corrected chi connectivity index (χ2v) is 7.45. The van der Waals surface area contributed by atoms with Crippen LogP contribution in [0.1, 0.15) is 23.7 Å². The molecule has 22 heavy (non-hydrogen) atoms. The lowest BCUT2D eigenvalue weighted by Gasteiger charge is -2.06. The number of aromatic nitrogens is 3. The standard InChI is InChI=1S/C13H12F3N3O2S/c14-13(15,16)10-3-1-8(2-4-10)11-17-12(19-18-11)9-5-6-22(20,21)7-9/h1-4,9H,5-7H2,(H,17,18,19). The van der Waals surface area contributed by atoms with Crippen molar-refractivity contribution in [2.75, 3.05) is 11.5 Å². The van der Waals surface area contributed by atoms with Crippen molar-refractivity contribution in [3.05, 3.63) is 35.7 Å². The van der Waals surface area contributed by atoms with Crippen molar-refractivity contribution in [3.8, 4) is 11.4 Å². The van der Waals surface area contributed by atoms with E-state index in [0.717, 1.165) is 12.1 Å². The first-order valence-electron chi connectivity index (χ1n) is 6.55. The van der Waals surface area contributed by atoms with E-state index >= 15 is 0 Å². The van der Waals surface area contributed by atoms with Crippen molar-refractivity contribution >= 4 is 9.84 Å². The van der Waals surface area contributed by atoms with Gasteiger partial charge in [0, 0.05) is 11.5 Å². The van der Waals surface area contributed by atoms with Gasteiger partial charge in [-0.2, -0.15) is 18.3 Å². The minimum Gasteiger partial charge on any atom is -0.262 e. The smallest absolute Gasteiger partial charge is 0.262 e. The van der Waals surface area contributed by atoms with Gasteiger partial charge in [0.1, 0.15) is 5.82 Å². The zero-order valence-corrected chi connectivity index (χ0v) is 12.1. The monoisotopic (exact) mass is 331 g/mol. The molecule has 1 atom stereocenters. The van der Waals surface area contributed by atoms with E-state index in [9.17, 15) is 21.6 Å². The van der Waals surface area contributed by atoms with Crippen LogP contribution < -0.4 is 0 Å². The summed E-state index contributed by atoms with van der Waals surface area (Å²) in [5.74, 6) is 0.618. The van der Waals surface area contributed by atoms with Gasteiger partial charge in [-0.25, -0.2) is 13.4 Å². The Labute approximate surface area is 124 Å². The number of nitrogens with zero attached hydrogens (tertiary/aromatic N) is 2. The van der Waals surface area contributed by atoms with Crippen LogP contribution in [-0.4, -0.2) is 35.1 Å². The van der Waals surface area contributed by atoms with Crippen LogP contribution in [0.25, 0.3) is 11.4 Å². The van der Waals surface area contributed by atoms with Crippen molar-refractivity contribution in [1.82, 2.24) is 15.2 Å². The number of nitrogens with one attached hydrogen (secondary N) is 1. The molecule has 0 saturated carbocycles. The third kappa shape index (κ3) is 2.99. The molecule has 118 valence electrons. The number of hydrogen-bond donors (Lipinski definition) is 1. The fourth-order valence-electron chi connectivity index (χ4n) is 2.40. The van der Waals surface area contributed by atoms with Crippen LogP contribution in [0.2, 0.25) is 0 Å². The lowest BCUT2D eigenvalue weighted by atomic mass is 10.1. The molecule has 9 heteroatoms. The first-order chi connectivity index (χ1) is 10.2. The van der Waals surface area contributed by atoms with E-state index in [-0.39, 0.29) is 23.2 Å². The van der Waals surface area contributed by atoms with E-state index in [1.807, 2.05) is 0 Å². The molecular weight excluding hydrogens is 319 g/mol. The molecule has 1 saturated heterocycles. The van der Waals surface area contributed by atoms with Crippen molar-refractivity contribution in [2.24, 2.45) is 0 Å². The summed E-state index contributed by atoms with van der Waals surface area (Å²) in [5, 5.41) is 6.64. The quantitative estimate of drug-likeness (QED) is 0.917. The van der Waals surface area contributed by atoms with E-state index in [4.69, 9.17) is 0 Å². The summed E-state index contributed by atoms with van der Waals surface area (Å²) in [4.78, 5) is 4.21. The Kier molecular flexibility index (Phi) is 3.47. The molecule has 2 aromatic rings. The predicted octanol–water partition coefficient (Wildman–Crippen LogP) is 2.39. The number of H-pyrrole nitrogens is 1. The Morgan fingerprint density at radius 2 is 1.86 bits per heavy atom. The predicted molar refractivity (Wildman–Crippen MR) is 72.8 cm³/mol. The largest absolute Gasteiger partial charge is 0.416 e. The van der Waals surface area contributed by atoms with Crippen molar-refractivity contribution in [1.29, 1.82) is 0 Å². The van der Waals surface area contributed by atoms with Crippen molar-refractivity contribution in [3.63, 3.8) is 0 Å². The van der Waals surface area contributed by atoms with E-state index in [1.54, 1.807) is 0 Å². The van der Waals surface area contributed by atoms with E-state index in [0.29, 0.717) is 17.8 Å². The molecule has 0 aliphatic carbocycles. The summed E-state index contributed by atoms with van der Waals surface area (Å²) in [6.07, 6.45) is -3.91. The lowest BCUT2D eigenvalue weighted by Crippen LogP contribution is -2.05. The maximum Gasteiger partial charge on any atom is 0.416 e. The minimum absolute atomic E-state index is 0.0225. The van der Waals surface area contributed by atoms with Gasteiger partial charge in [-0.3, -0.25) is 5.10 Å². The zero-order valence-electron chi connectivity index (χ0n) is 11.3. The van der Waals surface area contributed by atoms with Gasteiger partial charge in [0.15, 0.2) is 15.7 Å². The Morgan fingerprint density at radius 1 is 1.18 bits per heavy atom. The molecule has 1 fully saturated rings. The van der Waals surface area contributed by atoms with Gasteiger partial charge >= 0.3 is 6.18 Å². The van der Waals surface area contributed by atoms with Crippen LogP contribution in [0.4, 0.5) is 13.2 Å². The molecule has 0 spiro atoms. The molecule has 5 nitrogen and oxygen atoms in total. The van der Waals surface area contributed by atoms with Crippen molar-refractivity contribution < 1.29 is 21.6 Å². The average Bonchev–Trinajstić information content (AvgIpc) is 3.04. The number of sulfone groups is 1. The molecule has 0 amide bonds. The highest BCUT2D eigenvalue weighted by Crippen LogP contribution is 2.31. The summed E-state index contributed by atoms with van der Waals surface area (Å²) < 4.78 is 60.4. The van der Waals surface area contributed by atoms with Crippen LogP contribution >= 0.6 is 0 Å². The Bertz CT molecular complexity index is 782. The number of alkyl halides is 3. The van der Waals surface area contributed by atoms with Crippen molar-refractivity contribution in [2.45, 2.75) is 18.5 Å². The third-order valence-corrected chi connectivity index (χ3v) is 5.36. The van der Waals surface area contributed by atoms with Gasteiger partial charge in [0.2, 0.25) is 0 Å². The SMILES string of the molecule is O=S1(=O)CCC(c2nc(-c3ccc(C(F)(F)F)cc3)n[nH]2)C1. The molecule has 1 N–H and O–H groups in total. The number of benzene rings is 1. The topological polar surface area (TPSA) is 75.7 Å². The minimum atomic E-state index is -4.39. The molecule has 0 radical (unpaired) electrons. The Hall–Kier alpha value is -1.90. The first-order valence-corrected chi connectivity index (χ1v) is 8.37. The van der Waals surface area contributed by atoms with Crippen LogP contribution in [0.5, 0.6) is 0 Å². The fourth-order valence-corrected chi connectivity index (χ4v) is 4.15. The number of aromatic amines is 1. The average molecular weight is 331 g/mol. The Morgan fingerprint density at radius 3 is 2.41 bits per heavy atom. The molecule has 3 rings (SSSR count). The summed E-state index contributed by atoms with van der Waals surface area (Å²) in [5.41, 5.74) is -0.301. The molecule has 1 aliphatic heterocycles. The summed E-state index contributed by atoms with van der Waals surface area (Å²) >= 11 is 0. The van der Waals surface area contributed by atoms with Gasteiger partial charge in [-0.1, -0.05) is 12.1 Å². The van der Waals surface area contributed by atoms with Gasteiger partial charge in [0.05, 0.1) is 17.1 Å². The van der Waals surface area contributed by atoms with Crippen LogP contribution in [-0.2, 0) is 16.0 Å². The van der Waals surface area contributed by atoms with Crippen LogP contribution in [0, 0.1) is 0 Å². The maximum atomic E-state index is 12.5. The summed E-state index contributed by atoms with van der Waals surface area (Å²) in [7, 11) is -3.03.